The summed E-state index contributed by atoms with van der Waals surface area (Å²) >= 11 is 11.9. The van der Waals surface area contributed by atoms with Gasteiger partial charge in [0.2, 0.25) is 0 Å². The highest BCUT2D eigenvalue weighted by atomic mass is 35.5. The van der Waals surface area contributed by atoms with Crippen molar-refractivity contribution in [1.29, 1.82) is 0 Å². The van der Waals surface area contributed by atoms with Gasteiger partial charge < -0.3 is 24.5 Å². The maximum Gasteiger partial charge on any atom is 0.273 e. The van der Waals surface area contributed by atoms with E-state index >= 15 is 0 Å². The number of nitrogens with one attached hydrogen (secondary N) is 1. The fraction of sp³-hybridized carbons (Fsp3) is 0.120. The Morgan fingerprint density at radius 2 is 2.03 bits per heavy atom. The highest BCUT2D eigenvalue weighted by Gasteiger charge is 2.43. The summed E-state index contributed by atoms with van der Waals surface area (Å²) in [6, 6.07) is 17.2. The first kappa shape index (κ1) is 23.6. The molecule has 36 heavy (non-hydrogen) atoms. The molecule has 5 rings (SSSR count). The summed E-state index contributed by atoms with van der Waals surface area (Å²) in [7, 11) is 1.44. The normalized spacial score (nSPS) is 17.2. The molecule has 1 aliphatic rings. The lowest BCUT2D eigenvalue weighted by Crippen LogP contribution is -2.29. The predicted octanol–water partition coefficient (Wildman–Crippen LogP) is 5.79. The molecule has 0 saturated carbocycles. The number of nitro benzene ring substituents is 1. The molecule has 2 unspecified atom stereocenters. The highest BCUT2D eigenvalue weighted by molar-refractivity contribution is 7.80. The van der Waals surface area contributed by atoms with Gasteiger partial charge in [0, 0.05) is 17.3 Å². The number of hydrogen-bond acceptors (Lipinski definition) is 7. The number of phenols is 1. The van der Waals surface area contributed by atoms with Gasteiger partial charge in [0.1, 0.15) is 29.1 Å². The topological polar surface area (TPSA) is 114 Å². The molecule has 0 aliphatic carbocycles. The van der Waals surface area contributed by atoms with Crippen LogP contribution in [0.5, 0.6) is 11.5 Å². The second-order valence-electron chi connectivity index (χ2n) is 7.97. The monoisotopic (exact) mass is 522 g/mol. The molecule has 2 atom stereocenters. The SMILES string of the molecule is COc1cc([N+](=O)[O-])ccc1-c1ccc(C2C(c3ccccn3)NC(=S)N2c2cc(Cl)ccc2O)o1. The van der Waals surface area contributed by atoms with Crippen LogP contribution >= 0.6 is 23.8 Å². The summed E-state index contributed by atoms with van der Waals surface area (Å²) in [5.41, 5.74) is 1.59. The number of methoxy groups -OCH3 is 1. The maximum absolute atomic E-state index is 11.2. The first-order valence-electron chi connectivity index (χ1n) is 10.8. The van der Waals surface area contributed by atoms with Crippen LogP contribution in [0.25, 0.3) is 11.3 Å². The first-order valence-corrected chi connectivity index (χ1v) is 11.6. The predicted molar refractivity (Wildman–Crippen MR) is 138 cm³/mol. The van der Waals surface area contributed by atoms with Crippen molar-refractivity contribution in [3.8, 4) is 22.8 Å². The zero-order chi connectivity index (χ0) is 25.4. The van der Waals surface area contributed by atoms with Gasteiger partial charge in [0.15, 0.2) is 5.11 Å². The third-order valence-corrected chi connectivity index (χ3v) is 6.42. The number of halogens is 1. The number of hydrogen-bond donors (Lipinski definition) is 2. The molecule has 11 heteroatoms. The summed E-state index contributed by atoms with van der Waals surface area (Å²) in [6.45, 7) is 0. The van der Waals surface area contributed by atoms with E-state index in [0.29, 0.717) is 38.7 Å². The van der Waals surface area contributed by atoms with Crippen molar-refractivity contribution >= 4 is 40.3 Å². The second-order valence-corrected chi connectivity index (χ2v) is 8.80. The molecule has 1 aliphatic heterocycles. The Hall–Kier alpha value is -4.15. The Morgan fingerprint density at radius 3 is 2.75 bits per heavy atom. The van der Waals surface area contributed by atoms with Gasteiger partial charge in [-0.15, -0.1) is 0 Å². The summed E-state index contributed by atoms with van der Waals surface area (Å²) in [4.78, 5) is 16.9. The molecule has 2 N–H and O–H groups in total. The number of anilines is 1. The molecule has 0 amide bonds. The summed E-state index contributed by atoms with van der Waals surface area (Å²) in [5.74, 6) is 1.27. The van der Waals surface area contributed by atoms with Gasteiger partial charge in [-0.2, -0.15) is 0 Å². The Labute approximate surface area is 216 Å². The minimum atomic E-state index is -0.533. The fourth-order valence-electron chi connectivity index (χ4n) is 4.25. The van der Waals surface area contributed by atoms with Crippen LogP contribution in [-0.2, 0) is 0 Å². The van der Waals surface area contributed by atoms with Crippen molar-refractivity contribution in [3.63, 3.8) is 0 Å². The number of rotatable bonds is 6. The second kappa shape index (κ2) is 9.48. The van der Waals surface area contributed by atoms with Gasteiger partial charge in [-0.05, 0) is 60.7 Å². The minimum absolute atomic E-state index is 0.000890. The van der Waals surface area contributed by atoms with Crippen LogP contribution < -0.4 is 15.0 Å². The number of ether oxygens (including phenoxy) is 1. The van der Waals surface area contributed by atoms with E-state index in [9.17, 15) is 15.2 Å². The summed E-state index contributed by atoms with van der Waals surface area (Å²) < 4.78 is 11.7. The lowest BCUT2D eigenvalue weighted by Gasteiger charge is -2.26. The number of pyridine rings is 1. The van der Waals surface area contributed by atoms with Crippen LogP contribution in [0, 0.1) is 10.1 Å². The molecular weight excluding hydrogens is 504 g/mol. The number of nitrogens with zero attached hydrogens (tertiary/aromatic N) is 3. The number of aromatic hydroxyl groups is 1. The maximum atomic E-state index is 11.2. The average Bonchev–Trinajstić information content (AvgIpc) is 3.50. The first-order chi connectivity index (χ1) is 17.4. The zero-order valence-electron chi connectivity index (χ0n) is 18.8. The van der Waals surface area contributed by atoms with E-state index in [1.165, 1.54) is 25.3 Å². The molecule has 9 nitrogen and oxygen atoms in total. The third kappa shape index (κ3) is 4.21. The van der Waals surface area contributed by atoms with Gasteiger partial charge in [-0.25, -0.2) is 0 Å². The number of aromatic nitrogens is 1. The van der Waals surface area contributed by atoms with Crippen molar-refractivity contribution in [2.24, 2.45) is 0 Å². The van der Waals surface area contributed by atoms with Crippen LogP contribution in [0.4, 0.5) is 11.4 Å². The minimum Gasteiger partial charge on any atom is -0.506 e. The van der Waals surface area contributed by atoms with Crippen molar-refractivity contribution in [3.05, 3.63) is 99.5 Å². The molecule has 0 bridgehead atoms. The molecule has 1 saturated heterocycles. The number of benzene rings is 2. The van der Waals surface area contributed by atoms with Gasteiger partial charge >= 0.3 is 0 Å². The quantitative estimate of drug-likeness (QED) is 0.184. The van der Waals surface area contributed by atoms with Crippen LogP contribution in [-0.4, -0.2) is 27.2 Å². The van der Waals surface area contributed by atoms with Gasteiger partial charge in [0.05, 0.1) is 41.1 Å². The molecule has 4 aromatic rings. The molecule has 2 aromatic heterocycles. The Balaban J connectivity index is 1.62. The molecule has 3 heterocycles. The third-order valence-electron chi connectivity index (χ3n) is 5.87. The van der Waals surface area contributed by atoms with Gasteiger partial charge in [-0.1, -0.05) is 17.7 Å². The highest BCUT2D eigenvalue weighted by Crippen LogP contribution is 2.46. The lowest BCUT2D eigenvalue weighted by atomic mass is 10.0. The van der Waals surface area contributed by atoms with Crippen LogP contribution in [0.3, 0.4) is 0 Å². The van der Waals surface area contributed by atoms with Crippen LogP contribution in [0.15, 0.2) is 77.3 Å². The Bertz CT molecular complexity index is 1460. The number of thiocarbonyl (C=S) groups is 1. The number of phenolic OH excluding ortho intramolecular Hbond substituents is 1. The van der Waals surface area contributed by atoms with Crippen LogP contribution in [0.2, 0.25) is 5.02 Å². The Kier molecular flexibility index (Phi) is 6.21. The van der Waals surface area contributed by atoms with E-state index in [2.05, 4.69) is 10.3 Å². The van der Waals surface area contributed by atoms with Crippen LogP contribution in [0.1, 0.15) is 23.5 Å². The van der Waals surface area contributed by atoms with Gasteiger partial charge in [-0.3, -0.25) is 15.1 Å². The van der Waals surface area contributed by atoms with E-state index in [0.717, 1.165) is 5.69 Å². The zero-order valence-corrected chi connectivity index (χ0v) is 20.4. The van der Waals surface area contributed by atoms with E-state index in [1.54, 1.807) is 41.4 Å². The number of non-ortho nitro benzene ring substituents is 1. The molecular formula is C25H19ClN4O5S. The van der Waals surface area contributed by atoms with Crippen molar-refractivity contribution in [1.82, 2.24) is 10.3 Å². The summed E-state index contributed by atoms with van der Waals surface area (Å²) in [5, 5.41) is 25.9. The Morgan fingerprint density at radius 1 is 1.19 bits per heavy atom. The largest absolute Gasteiger partial charge is 0.506 e. The number of nitro groups is 1. The number of furan rings is 1. The lowest BCUT2D eigenvalue weighted by molar-refractivity contribution is -0.384. The summed E-state index contributed by atoms with van der Waals surface area (Å²) in [6.07, 6.45) is 1.69. The fourth-order valence-corrected chi connectivity index (χ4v) is 4.75. The molecule has 1 fully saturated rings. The van der Waals surface area contributed by atoms with Crippen molar-refractivity contribution < 1.29 is 19.2 Å². The molecule has 2 aromatic carbocycles. The average molecular weight is 523 g/mol. The van der Waals surface area contributed by atoms with E-state index in [-0.39, 0.29) is 11.4 Å². The molecule has 0 radical (unpaired) electrons. The molecule has 182 valence electrons. The van der Waals surface area contributed by atoms with Crippen molar-refractivity contribution in [2.45, 2.75) is 12.1 Å². The van der Waals surface area contributed by atoms with E-state index in [4.69, 9.17) is 33.0 Å². The smallest absolute Gasteiger partial charge is 0.273 e. The van der Waals surface area contributed by atoms with Gasteiger partial charge in [0.25, 0.3) is 5.69 Å². The molecule has 0 spiro atoms. The van der Waals surface area contributed by atoms with E-state index < -0.39 is 17.0 Å². The standard InChI is InChI=1S/C25H19ClN4O5S/c1-34-22-13-15(30(32)33)6-7-16(22)20-9-10-21(35-20)24-23(17-4-2-3-11-27-17)28-25(36)29(24)18-12-14(26)5-8-19(18)31/h2-13,23-24,31H,1H3,(H,28,36). The van der Waals surface area contributed by atoms with Crippen molar-refractivity contribution in [2.75, 3.05) is 12.0 Å². The van der Waals surface area contributed by atoms with E-state index in [1.807, 2.05) is 18.2 Å².